The molecule has 3 aromatic rings. The minimum atomic E-state index is 0.339. The van der Waals surface area contributed by atoms with Crippen molar-refractivity contribution < 1.29 is 4.74 Å². The quantitative estimate of drug-likeness (QED) is 0.529. The Balaban J connectivity index is 2.08. The van der Waals surface area contributed by atoms with E-state index in [0.29, 0.717) is 43.3 Å². The lowest BCUT2D eigenvalue weighted by Gasteiger charge is -2.10. The summed E-state index contributed by atoms with van der Waals surface area (Å²) in [6.07, 6.45) is 1.39. The lowest BCUT2D eigenvalue weighted by Crippen LogP contribution is -1.93. The molecule has 0 saturated carbocycles. The third-order valence-electron chi connectivity index (χ3n) is 2.81. The molecular weight excluding hydrogens is 333 g/mol. The van der Waals surface area contributed by atoms with Crippen molar-refractivity contribution >= 4 is 51.4 Å². The monoisotopic (exact) mass is 339 g/mol. The van der Waals surface area contributed by atoms with Gasteiger partial charge in [-0.1, -0.05) is 34.8 Å². The predicted molar refractivity (Wildman–Crippen MR) is 85.5 cm³/mol. The van der Waals surface area contributed by atoms with Crippen molar-refractivity contribution in [1.29, 1.82) is 0 Å². The van der Waals surface area contributed by atoms with Gasteiger partial charge >= 0.3 is 0 Å². The first-order valence-corrected chi connectivity index (χ1v) is 7.00. The van der Waals surface area contributed by atoms with Crippen LogP contribution in [0.5, 0.6) is 11.6 Å². The molecule has 0 saturated heterocycles. The maximum absolute atomic E-state index is 6.10. The van der Waals surface area contributed by atoms with Crippen molar-refractivity contribution in [3.05, 3.63) is 51.7 Å². The van der Waals surface area contributed by atoms with Crippen molar-refractivity contribution in [1.82, 2.24) is 9.97 Å². The molecule has 3 rings (SSSR count). The van der Waals surface area contributed by atoms with Gasteiger partial charge in [-0.25, -0.2) is 9.97 Å². The standard InChI is InChI=1S/C14H8Cl3N3O/c15-9-4-11(17)13(5-10(9)16)21-14-8-2-1-7(18)3-12(8)19-6-20-14/h1-6H,18H2. The number of hydrogen-bond donors (Lipinski definition) is 1. The molecule has 0 amide bonds. The van der Waals surface area contributed by atoms with Gasteiger partial charge in [0.2, 0.25) is 5.88 Å². The smallest absolute Gasteiger partial charge is 0.230 e. The van der Waals surface area contributed by atoms with Crippen LogP contribution < -0.4 is 10.5 Å². The van der Waals surface area contributed by atoms with Crippen molar-refractivity contribution in [2.45, 2.75) is 0 Å². The molecule has 0 radical (unpaired) electrons. The summed E-state index contributed by atoms with van der Waals surface area (Å²) in [6, 6.07) is 8.32. The number of hydrogen-bond acceptors (Lipinski definition) is 4. The van der Waals surface area contributed by atoms with E-state index < -0.39 is 0 Å². The lowest BCUT2D eigenvalue weighted by molar-refractivity contribution is 0.468. The first-order chi connectivity index (χ1) is 10.0. The molecule has 106 valence electrons. The van der Waals surface area contributed by atoms with Gasteiger partial charge in [0.15, 0.2) is 0 Å². The summed E-state index contributed by atoms with van der Waals surface area (Å²) in [6.45, 7) is 0. The maximum Gasteiger partial charge on any atom is 0.230 e. The molecule has 2 N–H and O–H groups in total. The predicted octanol–water partition coefficient (Wildman–Crippen LogP) is 4.96. The van der Waals surface area contributed by atoms with E-state index in [4.69, 9.17) is 45.3 Å². The molecule has 21 heavy (non-hydrogen) atoms. The van der Waals surface area contributed by atoms with Crippen LogP contribution in [-0.2, 0) is 0 Å². The third kappa shape index (κ3) is 2.83. The van der Waals surface area contributed by atoms with Gasteiger partial charge in [-0.3, -0.25) is 0 Å². The van der Waals surface area contributed by atoms with Gasteiger partial charge in [0, 0.05) is 11.8 Å². The first-order valence-electron chi connectivity index (χ1n) is 5.87. The van der Waals surface area contributed by atoms with Crippen LogP contribution >= 0.6 is 34.8 Å². The van der Waals surface area contributed by atoms with Crippen LogP contribution in [0, 0.1) is 0 Å². The highest BCUT2D eigenvalue weighted by atomic mass is 35.5. The zero-order chi connectivity index (χ0) is 15.0. The van der Waals surface area contributed by atoms with Crippen LogP contribution in [0.3, 0.4) is 0 Å². The average Bonchev–Trinajstić information content (AvgIpc) is 2.44. The SMILES string of the molecule is Nc1ccc2c(Oc3cc(Cl)c(Cl)cc3Cl)ncnc2c1. The Labute approximate surface area is 135 Å². The van der Waals surface area contributed by atoms with E-state index in [0.717, 1.165) is 0 Å². The molecule has 0 bridgehead atoms. The van der Waals surface area contributed by atoms with Crippen LogP contribution in [0.15, 0.2) is 36.7 Å². The molecule has 0 atom stereocenters. The van der Waals surface area contributed by atoms with Gasteiger partial charge in [-0.15, -0.1) is 0 Å². The van der Waals surface area contributed by atoms with Gasteiger partial charge in [-0.05, 0) is 24.3 Å². The molecule has 0 aliphatic heterocycles. The van der Waals surface area contributed by atoms with Crippen LogP contribution in [0.4, 0.5) is 5.69 Å². The third-order valence-corrected chi connectivity index (χ3v) is 3.82. The van der Waals surface area contributed by atoms with Gasteiger partial charge < -0.3 is 10.5 Å². The second-order valence-corrected chi connectivity index (χ2v) is 5.48. The Morgan fingerprint density at radius 1 is 0.905 bits per heavy atom. The minimum Gasteiger partial charge on any atom is -0.437 e. The zero-order valence-electron chi connectivity index (χ0n) is 10.5. The van der Waals surface area contributed by atoms with Crippen LogP contribution in [0.1, 0.15) is 0 Å². The average molecular weight is 341 g/mol. The molecule has 0 unspecified atom stereocenters. The van der Waals surface area contributed by atoms with Gasteiger partial charge in [0.05, 0.1) is 26.0 Å². The highest BCUT2D eigenvalue weighted by Crippen LogP contribution is 2.37. The summed E-state index contributed by atoms with van der Waals surface area (Å²) in [4.78, 5) is 8.26. The molecule has 0 aliphatic rings. The molecule has 4 nitrogen and oxygen atoms in total. The molecule has 1 heterocycles. The highest BCUT2D eigenvalue weighted by Gasteiger charge is 2.11. The second-order valence-electron chi connectivity index (χ2n) is 4.25. The number of fused-ring (bicyclic) bond motifs is 1. The Kier molecular flexibility index (Phi) is 3.76. The number of benzene rings is 2. The molecule has 2 aromatic carbocycles. The number of anilines is 1. The fourth-order valence-corrected chi connectivity index (χ4v) is 2.39. The molecule has 0 fully saturated rings. The van der Waals surface area contributed by atoms with Gasteiger partial charge in [0.1, 0.15) is 12.1 Å². The maximum atomic E-state index is 6.10. The normalized spacial score (nSPS) is 10.8. The van der Waals surface area contributed by atoms with Crippen molar-refractivity contribution in [3.8, 4) is 11.6 Å². The number of halogens is 3. The fourth-order valence-electron chi connectivity index (χ4n) is 1.82. The Morgan fingerprint density at radius 2 is 1.67 bits per heavy atom. The van der Waals surface area contributed by atoms with E-state index in [9.17, 15) is 0 Å². The van der Waals surface area contributed by atoms with Gasteiger partial charge in [-0.2, -0.15) is 0 Å². The summed E-state index contributed by atoms with van der Waals surface area (Å²) < 4.78 is 5.73. The van der Waals surface area contributed by atoms with E-state index in [1.807, 2.05) is 0 Å². The summed E-state index contributed by atoms with van der Waals surface area (Å²) in [5.41, 5.74) is 7.02. The van der Waals surface area contributed by atoms with Crippen LogP contribution in [-0.4, -0.2) is 9.97 Å². The number of rotatable bonds is 2. The molecular formula is C14H8Cl3N3O. The van der Waals surface area contributed by atoms with E-state index >= 15 is 0 Å². The van der Waals surface area contributed by atoms with Crippen LogP contribution in [0.2, 0.25) is 15.1 Å². The number of nitrogens with two attached hydrogens (primary N) is 1. The molecule has 0 spiro atoms. The molecule has 0 aliphatic carbocycles. The largest absolute Gasteiger partial charge is 0.437 e. The zero-order valence-corrected chi connectivity index (χ0v) is 12.7. The number of aromatic nitrogens is 2. The Morgan fingerprint density at radius 3 is 2.48 bits per heavy atom. The topological polar surface area (TPSA) is 61.0 Å². The Hall–Kier alpha value is -1.75. The van der Waals surface area contributed by atoms with Crippen molar-refractivity contribution in [3.63, 3.8) is 0 Å². The second kappa shape index (κ2) is 5.56. The van der Waals surface area contributed by atoms with E-state index in [-0.39, 0.29) is 0 Å². The van der Waals surface area contributed by atoms with E-state index in [2.05, 4.69) is 9.97 Å². The summed E-state index contributed by atoms with van der Waals surface area (Å²) >= 11 is 18.0. The highest BCUT2D eigenvalue weighted by molar-refractivity contribution is 6.43. The van der Waals surface area contributed by atoms with Crippen molar-refractivity contribution in [2.24, 2.45) is 0 Å². The van der Waals surface area contributed by atoms with E-state index in [1.165, 1.54) is 18.5 Å². The van der Waals surface area contributed by atoms with E-state index in [1.54, 1.807) is 18.2 Å². The minimum absolute atomic E-state index is 0.339. The van der Waals surface area contributed by atoms with Gasteiger partial charge in [0.25, 0.3) is 0 Å². The first kappa shape index (κ1) is 14.2. The van der Waals surface area contributed by atoms with Crippen molar-refractivity contribution in [2.75, 3.05) is 5.73 Å². The summed E-state index contributed by atoms with van der Waals surface area (Å²) in [7, 11) is 0. The number of nitrogen functional groups attached to an aromatic ring is 1. The summed E-state index contributed by atoms with van der Waals surface area (Å²) in [5.74, 6) is 0.725. The fraction of sp³-hybridized carbons (Fsp3) is 0. The lowest BCUT2D eigenvalue weighted by atomic mass is 10.2. The number of nitrogens with zero attached hydrogens (tertiary/aromatic N) is 2. The summed E-state index contributed by atoms with van der Waals surface area (Å²) in [5, 5.41) is 1.76. The van der Waals surface area contributed by atoms with Crippen LogP contribution in [0.25, 0.3) is 10.9 Å². The molecule has 1 aromatic heterocycles. The Bertz CT molecular complexity index is 839. The number of ether oxygens (including phenoxy) is 1. The molecule has 7 heteroatoms.